The Kier molecular flexibility index (Phi) is 6.28. The Labute approximate surface area is 184 Å². The van der Waals surface area contributed by atoms with E-state index in [2.05, 4.69) is 31.0 Å². The van der Waals surface area contributed by atoms with Crippen LogP contribution in [0.2, 0.25) is 0 Å². The van der Waals surface area contributed by atoms with Crippen molar-refractivity contribution in [3.63, 3.8) is 0 Å². The Morgan fingerprint density at radius 3 is 2.40 bits per heavy atom. The largest absolute Gasteiger partial charge is 0.494 e. The maximum Gasteiger partial charge on any atom is 0.254 e. The summed E-state index contributed by atoms with van der Waals surface area (Å²) in [5.41, 5.74) is 2.53. The van der Waals surface area contributed by atoms with Crippen molar-refractivity contribution >= 4 is 27.7 Å². The predicted octanol–water partition coefficient (Wildman–Crippen LogP) is 4.27. The zero-order valence-corrected chi connectivity index (χ0v) is 18.4. The Bertz CT molecular complexity index is 1000. The van der Waals surface area contributed by atoms with Crippen molar-refractivity contribution in [2.45, 2.75) is 6.92 Å². The zero-order valence-electron chi connectivity index (χ0n) is 16.8. The van der Waals surface area contributed by atoms with Gasteiger partial charge in [-0.3, -0.25) is 4.79 Å². The van der Waals surface area contributed by atoms with Crippen LogP contribution in [0.5, 0.6) is 5.75 Å². The van der Waals surface area contributed by atoms with Crippen LogP contribution in [0.25, 0.3) is 11.3 Å². The molecule has 4 rings (SSSR count). The van der Waals surface area contributed by atoms with Gasteiger partial charge in [0.05, 0.1) is 12.3 Å². The molecular weight excluding hydrogens is 444 g/mol. The molecule has 30 heavy (non-hydrogen) atoms. The number of piperazine rings is 1. The molecule has 0 atom stereocenters. The van der Waals surface area contributed by atoms with Gasteiger partial charge in [0.2, 0.25) is 0 Å². The van der Waals surface area contributed by atoms with Gasteiger partial charge in [0.25, 0.3) is 5.91 Å². The second-order valence-electron chi connectivity index (χ2n) is 7.02. The summed E-state index contributed by atoms with van der Waals surface area (Å²) in [6.07, 6.45) is 0. The minimum Gasteiger partial charge on any atom is -0.494 e. The number of anilines is 1. The maximum absolute atomic E-state index is 12.7. The van der Waals surface area contributed by atoms with Crippen molar-refractivity contribution in [3.05, 3.63) is 70.7 Å². The lowest BCUT2D eigenvalue weighted by Crippen LogP contribution is -2.49. The molecule has 1 fully saturated rings. The molecule has 0 spiro atoms. The fraction of sp³-hybridized carbons (Fsp3) is 0.261. The average molecular weight is 467 g/mol. The van der Waals surface area contributed by atoms with Crippen LogP contribution in [0.3, 0.4) is 0 Å². The molecule has 0 saturated carbocycles. The number of hydrogen-bond acceptors (Lipinski definition) is 5. The van der Waals surface area contributed by atoms with Gasteiger partial charge in [-0.1, -0.05) is 22.0 Å². The summed E-state index contributed by atoms with van der Waals surface area (Å²) in [6.45, 7) is 5.40. The monoisotopic (exact) mass is 466 g/mol. The quantitative estimate of drug-likeness (QED) is 0.561. The van der Waals surface area contributed by atoms with Crippen LogP contribution < -0.4 is 9.64 Å². The van der Waals surface area contributed by atoms with E-state index in [1.165, 1.54) is 0 Å². The predicted molar refractivity (Wildman–Crippen MR) is 121 cm³/mol. The number of ether oxygens (including phenoxy) is 1. The first-order chi connectivity index (χ1) is 14.6. The van der Waals surface area contributed by atoms with E-state index in [1.807, 2.05) is 72.5 Å². The number of amides is 1. The molecular formula is C23H23BrN4O2. The minimum absolute atomic E-state index is 0.0629. The number of aromatic nitrogens is 2. The topological polar surface area (TPSA) is 58.6 Å². The molecule has 0 bridgehead atoms. The molecule has 1 aliphatic heterocycles. The van der Waals surface area contributed by atoms with E-state index in [9.17, 15) is 4.79 Å². The fourth-order valence-corrected chi connectivity index (χ4v) is 3.88. The molecule has 0 aliphatic carbocycles. The highest BCUT2D eigenvalue weighted by Gasteiger charge is 2.23. The van der Waals surface area contributed by atoms with Gasteiger partial charge >= 0.3 is 0 Å². The van der Waals surface area contributed by atoms with E-state index in [1.54, 1.807) is 0 Å². The van der Waals surface area contributed by atoms with Crippen LogP contribution in [0, 0.1) is 0 Å². The van der Waals surface area contributed by atoms with Crippen LogP contribution in [0.1, 0.15) is 17.3 Å². The van der Waals surface area contributed by atoms with Crippen molar-refractivity contribution < 1.29 is 9.53 Å². The van der Waals surface area contributed by atoms with Gasteiger partial charge in [-0.25, -0.2) is 0 Å². The van der Waals surface area contributed by atoms with E-state index in [0.717, 1.165) is 40.4 Å². The minimum atomic E-state index is 0.0629. The molecule has 1 amide bonds. The van der Waals surface area contributed by atoms with Crippen LogP contribution in [-0.2, 0) is 0 Å². The van der Waals surface area contributed by atoms with Gasteiger partial charge in [0.15, 0.2) is 5.82 Å². The normalized spacial score (nSPS) is 13.9. The summed E-state index contributed by atoms with van der Waals surface area (Å²) < 4.78 is 6.39. The number of carbonyl (C=O) groups excluding carboxylic acids is 1. The Hall–Kier alpha value is -2.93. The third-order valence-corrected chi connectivity index (χ3v) is 5.57. The lowest BCUT2D eigenvalue weighted by Gasteiger charge is -2.35. The van der Waals surface area contributed by atoms with Crippen molar-refractivity contribution in [2.75, 3.05) is 37.7 Å². The summed E-state index contributed by atoms with van der Waals surface area (Å²) in [7, 11) is 0. The lowest BCUT2D eigenvalue weighted by molar-refractivity contribution is 0.0746. The van der Waals surface area contributed by atoms with Crippen LogP contribution in [0.15, 0.2) is 65.1 Å². The molecule has 0 radical (unpaired) electrons. The van der Waals surface area contributed by atoms with E-state index in [0.29, 0.717) is 25.3 Å². The number of halogens is 1. The molecule has 2 aromatic carbocycles. The van der Waals surface area contributed by atoms with Gasteiger partial charge in [-0.2, -0.15) is 0 Å². The Morgan fingerprint density at radius 1 is 1.00 bits per heavy atom. The molecule has 7 heteroatoms. The molecule has 3 aromatic rings. The van der Waals surface area contributed by atoms with E-state index < -0.39 is 0 Å². The molecule has 1 aromatic heterocycles. The van der Waals surface area contributed by atoms with E-state index >= 15 is 0 Å². The summed E-state index contributed by atoms with van der Waals surface area (Å²) in [5.74, 6) is 1.74. The smallest absolute Gasteiger partial charge is 0.254 e. The lowest BCUT2D eigenvalue weighted by atomic mass is 10.1. The van der Waals surface area contributed by atoms with E-state index in [-0.39, 0.29) is 5.91 Å². The number of rotatable bonds is 5. The van der Waals surface area contributed by atoms with Gasteiger partial charge in [0, 0.05) is 41.8 Å². The molecule has 2 heterocycles. The van der Waals surface area contributed by atoms with Crippen LogP contribution >= 0.6 is 15.9 Å². The van der Waals surface area contributed by atoms with Gasteiger partial charge in [0.1, 0.15) is 5.75 Å². The highest BCUT2D eigenvalue weighted by molar-refractivity contribution is 9.10. The number of nitrogens with zero attached hydrogens (tertiary/aromatic N) is 4. The van der Waals surface area contributed by atoms with Gasteiger partial charge in [-0.05, 0) is 61.5 Å². The average Bonchev–Trinajstić information content (AvgIpc) is 2.80. The van der Waals surface area contributed by atoms with Crippen LogP contribution in [0.4, 0.5) is 5.82 Å². The van der Waals surface area contributed by atoms with Crippen molar-refractivity contribution in [1.82, 2.24) is 15.1 Å². The SMILES string of the molecule is CCOc1ccc(-c2ccc(N3CCN(C(=O)c4cccc(Br)c4)CC3)nn2)cc1. The zero-order chi connectivity index (χ0) is 20.9. The first-order valence-corrected chi connectivity index (χ1v) is 10.8. The molecule has 0 N–H and O–H groups in total. The van der Waals surface area contributed by atoms with Gasteiger partial charge in [-0.15, -0.1) is 10.2 Å². The first kappa shape index (κ1) is 20.3. The second-order valence-corrected chi connectivity index (χ2v) is 7.94. The maximum atomic E-state index is 12.7. The van der Waals surface area contributed by atoms with Gasteiger partial charge < -0.3 is 14.5 Å². The molecule has 154 valence electrons. The Balaban J connectivity index is 1.37. The summed E-state index contributed by atoms with van der Waals surface area (Å²) in [5, 5.41) is 8.81. The standard InChI is InChI=1S/C23H23BrN4O2/c1-2-30-20-8-6-17(7-9-20)21-10-11-22(26-25-21)27-12-14-28(15-13-27)23(29)18-4-3-5-19(24)16-18/h3-11,16H,2,12-15H2,1H3. The Morgan fingerprint density at radius 2 is 1.77 bits per heavy atom. The second kappa shape index (κ2) is 9.26. The first-order valence-electron chi connectivity index (χ1n) is 10.0. The number of benzene rings is 2. The van der Waals surface area contributed by atoms with Crippen LogP contribution in [-0.4, -0.2) is 53.8 Å². The third kappa shape index (κ3) is 4.62. The third-order valence-electron chi connectivity index (χ3n) is 5.07. The number of hydrogen-bond donors (Lipinski definition) is 0. The highest BCUT2D eigenvalue weighted by atomic mass is 79.9. The molecule has 0 unspecified atom stereocenters. The fourth-order valence-electron chi connectivity index (χ4n) is 3.48. The molecule has 1 aliphatic rings. The summed E-state index contributed by atoms with van der Waals surface area (Å²) in [6, 6.07) is 19.3. The van der Waals surface area contributed by atoms with Crippen molar-refractivity contribution in [2.24, 2.45) is 0 Å². The van der Waals surface area contributed by atoms with E-state index in [4.69, 9.17) is 4.74 Å². The highest BCUT2D eigenvalue weighted by Crippen LogP contribution is 2.22. The molecule has 1 saturated heterocycles. The van der Waals surface area contributed by atoms with Crippen molar-refractivity contribution in [3.8, 4) is 17.0 Å². The number of carbonyl (C=O) groups is 1. The summed E-state index contributed by atoms with van der Waals surface area (Å²) >= 11 is 3.43. The van der Waals surface area contributed by atoms with Crippen molar-refractivity contribution in [1.29, 1.82) is 0 Å². The molecule has 6 nitrogen and oxygen atoms in total. The summed E-state index contributed by atoms with van der Waals surface area (Å²) in [4.78, 5) is 16.8.